The van der Waals surface area contributed by atoms with Gasteiger partial charge in [0.05, 0.1) is 7.11 Å². The summed E-state index contributed by atoms with van der Waals surface area (Å²) in [6, 6.07) is 7.56. The van der Waals surface area contributed by atoms with Crippen LogP contribution in [0, 0.1) is 5.92 Å². The Kier molecular flexibility index (Phi) is 4.20. The average Bonchev–Trinajstić information content (AvgIpc) is 2.75. The molecule has 0 aliphatic heterocycles. The van der Waals surface area contributed by atoms with Gasteiger partial charge >= 0.3 is 0 Å². The van der Waals surface area contributed by atoms with Gasteiger partial charge < -0.3 is 15.8 Å². The van der Waals surface area contributed by atoms with E-state index in [-0.39, 0.29) is 11.9 Å². The number of ether oxygens (including phenoxy) is 1. The second-order valence-corrected chi connectivity index (χ2v) is 4.84. The van der Waals surface area contributed by atoms with E-state index in [1.165, 1.54) is 0 Å². The number of nitrogens with one attached hydrogen (secondary N) is 1. The van der Waals surface area contributed by atoms with Crippen molar-refractivity contribution in [2.75, 3.05) is 12.4 Å². The lowest BCUT2D eigenvalue weighted by molar-refractivity contribution is -0.117. The second kappa shape index (κ2) is 5.87. The molecule has 0 saturated heterocycles. The van der Waals surface area contributed by atoms with Gasteiger partial charge in [0.1, 0.15) is 5.75 Å². The molecule has 0 aromatic heterocycles. The fraction of sp³-hybridized carbons (Fsp3) is 0.500. The minimum absolute atomic E-state index is 0.0330. The number of hydrogen-bond acceptors (Lipinski definition) is 3. The first-order valence-electron chi connectivity index (χ1n) is 6.38. The number of benzene rings is 1. The number of hydrogen-bond donors (Lipinski definition) is 2. The maximum absolute atomic E-state index is 11.9. The summed E-state index contributed by atoms with van der Waals surface area (Å²) >= 11 is 0. The molecule has 98 valence electrons. The summed E-state index contributed by atoms with van der Waals surface area (Å²) in [6.07, 6.45) is 3.75. The van der Waals surface area contributed by atoms with Crippen molar-refractivity contribution < 1.29 is 9.53 Å². The summed E-state index contributed by atoms with van der Waals surface area (Å²) in [5.74, 6) is 1.10. The predicted molar refractivity (Wildman–Crippen MR) is 71.6 cm³/mol. The molecule has 1 aromatic rings. The summed E-state index contributed by atoms with van der Waals surface area (Å²) in [4.78, 5) is 11.9. The second-order valence-electron chi connectivity index (χ2n) is 4.84. The van der Waals surface area contributed by atoms with Crippen molar-refractivity contribution in [2.45, 2.75) is 31.7 Å². The minimum Gasteiger partial charge on any atom is -0.497 e. The SMILES string of the molecule is COc1cccc(NC(=O)C[C@@H]2CCC[C@H]2N)c1. The van der Waals surface area contributed by atoms with Crippen LogP contribution in [0.15, 0.2) is 24.3 Å². The van der Waals surface area contributed by atoms with Crippen molar-refractivity contribution in [3.8, 4) is 5.75 Å². The van der Waals surface area contributed by atoms with Crippen LogP contribution in [0.3, 0.4) is 0 Å². The Morgan fingerprint density at radius 1 is 1.50 bits per heavy atom. The van der Waals surface area contributed by atoms with E-state index in [1.54, 1.807) is 7.11 Å². The van der Waals surface area contributed by atoms with Crippen LogP contribution in [0.1, 0.15) is 25.7 Å². The van der Waals surface area contributed by atoms with E-state index < -0.39 is 0 Å². The molecule has 2 rings (SSSR count). The Balaban J connectivity index is 1.90. The quantitative estimate of drug-likeness (QED) is 0.858. The highest BCUT2D eigenvalue weighted by Gasteiger charge is 2.25. The van der Waals surface area contributed by atoms with Gasteiger partial charge in [0, 0.05) is 24.2 Å². The third-order valence-corrected chi connectivity index (χ3v) is 3.52. The first-order valence-corrected chi connectivity index (χ1v) is 6.38. The molecule has 1 amide bonds. The Morgan fingerprint density at radius 2 is 2.33 bits per heavy atom. The lowest BCUT2D eigenvalue weighted by atomic mass is 10.00. The van der Waals surface area contributed by atoms with Gasteiger partial charge in [-0.1, -0.05) is 12.5 Å². The molecule has 1 fully saturated rings. The van der Waals surface area contributed by atoms with E-state index in [0.29, 0.717) is 12.3 Å². The molecule has 0 spiro atoms. The summed E-state index contributed by atoms with van der Waals surface area (Å²) in [7, 11) is 1.61. The number of nitrogens with two attached hydrogens (primary N) is 1. The zero-order valence-electron chi connectivity index (χ0n) is 10.7. The number of anilines is 1. The van der Waals surface area contributed by atoms with Gasteiger partial charge in [-0.25, -0.2) is 0 Å². The van der Waals surface area contributed by atoms with Crippen LogP contribution in [-0.2, 0) is 4.79 Å². The van der Waals surface area contributed by atoms with Gasteiger partial charge in [-0.3, -0.25) is 4.79 Å². The molecule has 0 unspecified atom stereocenters. The Labute approximate surface area is 108 Å². The number of carbonyl (C=O) groups excluding carboxylic acids is 1. The third kappa shape index (κ3) is 3.23. The molecule has 1 saturated carbocycles. The third-order valence-electron chi connectivity index (χ3n) is 3.52. The van der Waals surface area contributed by atoms with E-state index in [2.05, 4.69) is 5.32 Å². The van der Waals surface area contributed by atoms with E-state index >= 15 is 0 Å². The van der Waals surface area contributed by atoms with Crippen molar-refractivity contribution >= 4 is 11.6 Å². The maximum atomic E-state index is 11.9. The Morgan fingerprint density at radius 3 is 3.00 bits per heavy atom. The summed E-state index contributed by atoms with van der Waals surface area (Å²) < 4.78 is 5.12. The van der Waals surface area contributed by atoms with E-state index in [0.717, 1.165) is 30.7 Å². The zero-order valence-corrected chi connectivity index (χ0v) is 10.7. The van der Waals surface area contributed by atoms with Crippen molar-refractivity contribution in [1.82, 2.24) is 0 Å². The maximum Gasteiger partial charge on any atom is 0.224 e. The van der Waals surface area contributed by atoms with E-state index in [1.807, 2.05) is 24.3 Å². The molecule has 4 heteroatoms. The minimum atomic E-state index is 0.0330. The molecule has 0 heterocycles. The Hall–Kier alpha value is -1.55. The molecule has 1 aromatic carbocycles. The topological polar surface area (TPSA) is 64.3 Å². The largest absolute Gasteiger partial charge is 0.497 e. The predicted octanol–water partition coefficient (Wildman–Crippen LogP) is 2.15. The molecule has 2 atom stereocenters. The van der Waals surface area contributed by atoms with Gasteiger partial charge in [-0.05, 0) is 30.9 Å². The highest BCUT2D eigenvalue weighted by Crippen LogP contribution is 2.27. The molecule has 0 bridgehead atoms. The van der Waals surface area contributed by atoms with Crippen LogP contribution in [0.25, 0.3) is 0 Å². The number of carbonyl (C=O) groups is 1. The standard InChI is InChI=1S/C14H20N2O2/c1-18-12-6-3-5-11(9-12)16-14(17)8-10-4-2-7-13(10)15/h3,5-6,9-10,13H,2,4,7-8,15H2,1H3,(H,16,17)/t10-,13+/m0/s1. The summed E-state index contributed by atoms with van der Waals surface area (Å²) in [5, 5.41) is 2.89. The van der Waals surface area contributed by atoms with E-state index in [9.17, 15) is 4.79 Å². The molecular weight excluding hydrogens is 228 g/mol. The fourth-order valence-electron chi connectivity index (χ4n) is 2.47. The molecule has 0 radical (unpaired) electrons. The molecule has 1 aliphatic rings. The molecule has 18 heavy (non-hydrogen) atoms. The van der Waals surface area contributed by atoms with Crippen LogP contribution in [0.2, 0.25) is 0 Å². The smallest absolute Gasteiger partial charge is 0.224 e. The van der Waals surface area contributed by atoms with Crippen LogP contribution in [-0.4, -0.2) is 19.1 Å². The lowest BCUT2D eigenvalue weighted by Gasteiger charge is -2.14. The van der Waals surface area contributed by atoms with Crippen molar-refractivity contribution in [3.05, 3.63) is 24.3 Å². The highest BCUT2D eigenvalue weighted by molar-refractivity contribution is 5.91. The molecule has 1 aliphatic carbocycles. The van der Waals surface area contributed by atoms with Crippen molar-refractivity contribution in [3.63, 3.8) is 0 Å². The number of rotatable bonds is 4. The Bertz CT molecular complexity index is 420. The summed E-state index contributed by atoms with van der Waals surface area (Å²) in [5.41, 5.74) is 6.74. The monoisotopic (exact) mass is 248 g/mol. The van der Waals surface area contributed by atoms with Gasteiger partial charge in [-0.2, -0.15) is 0 Å². The number of methoxy groups -OCH3 is 1. The molecular formula is C14H20N2O2. The van der Waals surface area contributed by atoms with Gasteiger partial charge in [-0.15, -0.1) is 0 Å². The molecule has 3 N–H and O–H groups in total. The van der Waals surface area contributed by atoms with Crippen molar-refractivity contribution in [2.24, 2.45) is 11.7 Å². The van der Waals surface area contributed by atoms with Crippen LogP contribution in [0.5, 0.6) is 5.75 Å². The van der Waals surface area contributed by atoms with Crippen LogP contribution < -0.4 is 15.8 Å². The van der Waals surface area contributed by atoms with Gasteiger partial charge in [0.25, 0.3) is 0 Å². The fourth-order valence-corrected chi connectivity index (χ4v) is 2.47. The number of amides is 1. The van der Waals surface area contributed by atoms with Crippen molar-refractivity contribution in [1.29, 1.82) is 0 Å². The molecule has 4 nitrogen and oxygen atoms in total. The first-order chi connectivity index (χ1) is 8.69. The highest BCUT2D eigenvalue weighted by atomic mass is 16.5. The van der Waals surface area contributed by atoms with Gasteiger partial charge in [0.2, 0.25) is 5.91 Å². The van der Waals surface area contributed by atoms with Gasteiger partial charge in [0.15, 0.2) is 0 Å². The first kappa shape index (κ1) is 12.9. The van der Waals surface area contributed by atoms with Crippen LogP contribution >= 0.6 is 0 Å². The van der Waals surface area contributed by atoms with E-state index in [4.69, 9.17) is 10.5 Å². The zero-order chi connectivity index (χ0) is 13.0. The van der Waals surface area contributed by atoms with Crippen LogP contribution in [0.4, 0.5) is 5.69 Å². The summed E-state index contributed by atoms with van der Waals surface area (Å²) in [6.45, 7) is 0. The lowest BCUT2D eigenvalue weighted by Crippen LogP contribution is -2.28. The normalized spacial score (nSPS) is 22.8. The average molecular weight is 248 g/mol.